The highest BCUT2D eigenvalue weighted by atomic mass is 19.1. The molecule has 5 nitrogen and oxygen atoms in total. The van der Waals surface area contributed by atoms with E-state index >= 15 is 0 Å². The molecule has 1 heterocycles. The topological polar surface area (TPSA) is 68.5 Å². The lowest BCUT2D eigenvalue weighted by molar-refractivity contribution is -0.127. The Morgan fingerprint density at radius 2 is 1.67 bits per heavy atom. The van der Waals surface area contributed by atoms with Gasteiger partial charge in [-0.2, -0.15) is 0 Å². The molecule has 2 aromatic carbocycles. The van der Waals surface area contributed by atoms with Crippen LogP contribution in [0.4, 0.5) is 4.39 Å². The minimum absolute atomic E-state index is 0.217. The molecule has 0 aliphatic rings. The highest BCUT2D eigenvalue weighted by molar-refractivity contribution is 6.09. The van der Waals surface area contributed by atoms with Gasteiger partial charge in [-0.15, -0.1) is 0 Å². The maximum Gasteiger partial charge on any atom is 0.261 e. The van der Waals surface area contributed by atoms with Crippen molar-refractivity contribution in [2.24, 2.45) is 0 Å². The lowest BCUT2D eigenvalue weighted by atomic mass is 10.0. The Morgan fingerprint density at radius 1 is 1.04 bits per heavy atom. The normalized spacial score (nSPS) is 11.6. The van der Waals surface area contributed by atoms with Crippen LogP contribution in [0.15, 0.2) is 71.3 Å². The van der Waals surface area contributed by atoms with E-state index in [2.05, 4.69) is 5.32 Å². The predicted octanol–water partition coefficient (Wildman–Crippen LogP) is 3.73. The van der Waals surface area contributed by atoms with E-state index in [1.54, 1.807) is 43.3 Å². The monoisotopic (exact) mass is 367 g/mol. The molecule has 3 aromatic rings. The fraction of sp³-hybridized carbons (Fsp3) is 0.143. The first kappa shape index (κ1) is 18.4. The average molecular weight is 367 g/mol. The maximum absolute atomic E-state index is 13.0. The van der Waals surface area contributed by atoms with E-state index in [0.717, 1.165) is 0 Å². The molecular weight excluding hydrogens is 349 g/mol. The molecule has 0 aliphatic heterocycles. The first-order valence-corrected chi connectivity index (χ1v) is 8.40. The highest BCUT2D eigenvalue weighted by Crippen LogP contribution is 2.17. The van der Waals surface area contributed by atoms with E-state index in [9.17, 15) is 14.0 Å². The van der Waals surface area contributed by atoms with Crippen molar-refractivity contribution >= 4 is 11.7 Å². The van der Waals surface area contributed by atoms with E-state index < -0.39 is 11.9 Å². The van der Waals surface area contributed by atoms with Crippen molar-refractivity contribution < 1.29 is 23.1 Å². The van der Waals surface area contributed by atoms with E-state index in [4.69, 9.17) is 9.15 Å². The van der Waals surface area contributed by atoms with Crippen LogP contribution < -0.4 is 10.1 Å². The first-order valence-electron chi connectivity index (χ1n) is 8.40. The van der Waals surface area contributed by atoms with Gasteiger partial charge in [-0.25, -0.2) is 4.39 Å². The van der Waals surface area contributed by atoms with Gasteiger partial charge in [0.1, 0.15) is 17.3 Å². The van der Waals surface area contributed by atoms with Crippen molar-refractivity contribution in [2.75, 3.05) is 0 Å². The zero-order chi connectivity index (χ0) is 19.2. The Kier molecular flexibility index (Phi) is 5.66. The third-order valence-electron chi connectivity index (χ3n) is 3.92. The largest absolute Gasteiger partial charge is 0.481 e. The van der Waals surface area contributed by atoms with Gasteiger partial charge in [0.15, 0.2) is 11.9 Å². The van der Waals surface area contributed by atoms with Gasteiger partial charge in [-0.1, -0.05) is 0 Å². The molecule has 3 rings (SSSR count). The molecule has 1 atom stereocenters. The summed E-state index contributed by atoms with van der Waals surface area (Å²) in [6.07, 6.45) is 0.828. The van der Waals surface area contributed by atoms with E-state index in [-0.39, 0.29) is 18.2 Å². The second kappa shape index (κ2) is 8.31. The van der Waals surface area contributed by atoms with Gasteiger partial charge >= 0.3 is 0 Å². The summed E-state index contributed by atoms with van der Waals surface area (Å²) >= 11 is 0. The Labute approximate surface area is 155 Å². The second-order valence-electron chi connectivity index (χ2n) is 5.92. The molecule has 0 saturated carbocycles. The zero-order valence-electron chi connectivity index (χ0n) is 14.6. The van der Waals surface area contributed by atoms with Gasteiger partial charge in [-0.3, -0.25) is 9.59 Å². The van der Waals surface area contributed by atoms with Gasteiger partial charge in [0.2, 0.25) is 0 Å². The number of carbonyl (C=O) groups excluding carboxylic acids is 2. The van der Waals surface area contributed by atoms with Crippen molar-refractivity contribution in [3.05, 3.63) is 89.6 Å². The summed E-state index contributed by atoms with van der Waals surface area (Å²) < 4.78 is 23.7. The summed E-state index contributed by atoms with van der Waals surface area (Å²) in [5.74, 6) is 0.226. The van der Waals surface area contributed by atoms with Gasteiger partial charge in [-0.05, 0) is 67.6 Å². The van der Waals surface area contributed by atoms with Crippen molar-refractivity contribution in [3.63, 3.8) is 0 Å². The van der Waals surface area contributed by atoms with Gasteiger partial charge < -0.3 is 14.5 Å². The summed E-state index contributed by atoms with van der Waals surface area (Å²) in [6, 6.07) is 15.3. The lowest BCUT2D eigenvalue weighted by Gasteiger charge is -2.14. The third-order valence-corrected chi connectivity index (χ3v) is 3.92. The SMILES string of the molecule is C[C@H](Oc1ccc(C(=O)c2ccc(F)cc2)cc1)C(=O)NCc1ccco1. The summed E-state index contributed by atoms with van der Waals surface area (Å²) in [6.45, 7) is 1.92. The Balaban J connectivity index is 1.57. The standard InChI is InChI=1S/C21H18FNO4/c1-14(21(25)23-13-19-3-2-12-26-19)27-18-10-6-16(7-11-18)20(24)15-4-8-17(22)9-5-15/h2-12,14H,13H2,1H3,(H,23,25)/t14-/m0/s1. The van der Waals surface area contributed by atoms with Crippen LogP contribution >= 0.6 is 0 Å². The summed E-state index contributed by atoms with van der Waals surface area (Å²) in [5.41, 5.74) is 0.847. The molecule has 0 spiro atoms. The van der Waals surface area contributed by atoms with E-state index in [1.807, 2.05) is 0 Å². The molecule has 0 saturated heterocycles. The Morgan fingerprint density at radius 3 is 2.26 bits per heavy atom. The van der Waals surface area contributed by atoms with Crippen LogP contribution in [0.1, 0.15) is 28.6 Å². The number of halogens is 1. The van der Waals surface area contributed by atoms with Gasteiger partial charge in [0.05, 0.1) is 12.8 Å². The molecule has 138 valence electrons. The van der Waals surface area contributed by atoms with Crippen LogP contribution in [0, 0.1) is 5.82 Å². The van der Waals surface area contributed by atoms with Crippen LogP contribution in [-0.2, 0) is 11.3 Å². The van der Waals surface area contributed by atoms with Crippen LogP contribution in [0.25, 0.3) is 0 Å². The summed E-state index contributed by atoms with van der Waals surface area (Å²) in [5, 5.41) is 2.72. The fourth-order valence-corrected chi connectivity index (χ4v) is 2.44. The Hall–Kier alpha value is -3.41. The number of benzene rings is 2. The summed E-state index contributed by atoms with van der Waals surface area (Å²) in [7, 11) is 0. The molecule has 1 N–H and O–H groups in total. The van der Waals surface area contributed by atoms with Gasteiger partial charge in [0.25, 0.3) is 5.91 Å². The number of carbonyl (C=O) groups is 2. The first-order chi connectivity index (χ1) is 13.0. The Bertz CT molecular complexity index is 902. The van der Waals surface area contributed by atoms with Crippen LogP contribution in [0.3, 0.4) is 0 Å². The number of amides is 1. The second-order valence-corrected chi connectivity index (χ2v) is 5.92. The molecular formula is C21H18FNO4. The van der Waals surface area contributed by atoms with Crippen molar-refractivity contribution in [2.45, 2.75) is 19.6 Å². The molecule has 6 heteroatoms. The number of ketones is 1. The quantitative estimate of drug-likeness (QED) is 0.646. The van der Waals surface area contributed by atoms with E-state index in [0.29, 0.717) is 22.6 Å². The van der Waals surface area contributed by atoms with Crippen LogP contribution in [-0.4, -0.2) is 17.8 Å². The predicted molar refractivity (Wildman–Crippen MR) is 96.9 cm³/mol. The number of ether oxygens (including phenoxy) is 1. The van der Waals surface area contributed by atoms with E-state index in [1.165, 1.54) is 30.5 Å². The molecule has 0 fully saturated rings. The van der Waals surface area contributed by atoms with Gasteiger partial charge in [0, 0.05) is 11.1 Å². The molecule has 0 bridgehead atoms. The van der Waals surface area contributed by atoms with Crippen molar-refractivity contribution in [1.29, 1.82) is 0 Å². The van der Waals surface area contributed by atoms with Crippen LogP contribution in [0.2, 0.25) is 0 Å². The number of furan rings is 1. The van der Waals surface area contributed by atoms with Crippen molar-refractivity contribution in [1.82, 2.24) is 5.32 Å². The minimum Gasteiger partial charge on any atom is -0.481 e. The number of rotatable bonds is 7. The molecule has 1 amide bonds. The molecule has 0 unspecified atom stereocenters. The smallest absolute Gasteiger partial charge is 0.261 e. The highest BCUT2D eigenvalue weighted by Gasteiger charge is 2.15. The summed E-state index contributed by atoms with van der Waals surface area (Å²) in [4.78, 5) is 24.4. The fourth-order valence-electron chi connectivity index (χ4n) is 2.44. The lowest BCUT2D eigenvalue weighted by Crippen LogP contribution is -2.35. The molecule has 27 heavy (non-hydrogen) atoms. The molecule has 0 aliphatic carbocycles. The third kappa shape index (κ3) is 4.82. The van der Waals surface area contributed by atoms with Crippen molar-refractivity contribution in [3.8, 4) is 5.75 Å². The number of hydrogen-bond donors (Lipinski definition) is 1. The van der Waals surface area contributed by atoms with Crippen LogP contribution in [0.5, 0.6) is 5.75 Å². The number of hydrogen-bond acceptors (Lipinski definition) is 4. The minimum atomic E-state index is -0.710. The zero-order valence-corrected chi connectivity index (χ0v) is 14.6. The average Bonchev–Trinajstić information content (AvgIpc) is 3.20. The number of nitrogens with one attached hydrogen (secondary N) is 1. The molecule has 1 aromatic heterocycles. The maximum atomic E-state index is 13.0. The molecule has 0 radical (unpaired) electrons.